The summed E-state index contributed by atoms with van der Waals surface area (Å²) in [6, 6.07) is 6.02. The summed E-state index contributed by atoms with van der Waals surface area (Å²) >= 11 is 3.45. The summed E-state index contributed by atoms with van der Waals surface area (Å²) in [7, 11) is 2.04. The molecular weight excluding hydrogens is 350 g/mol. The molecule has 0 saturated heterocycles. The number of pyridine rings is 1. The molecule has 0 atom stereocenters. The van der Waals surface area contributed by atoms with Crippen LogP contribution in [-0.2, 0) is 19.2 Å². The van der Waals surface area contributed by atoms with Crippen LogP contribution >= 0.6 is 23.1 Å². The van der Waals surface area contributed by atoms with Crippen molar-refractivity contribution in [2.24, 2.45) is 7.05 Å². The minimum absolute atomic E-state index is 0.775. The van der Waals surface area contributed by atoms with Gasteiger partial charge in [-0.25, -0.2) is 4.98 Å². The van der Waals surface area contributed by atoms with Gasteiger partial charge >= 0.3 is 0 Å². The van der Waals surface area contributed by atoms with Crippen molar-refractivity contribution in [3.05, 3.63) is 52.1 Å². The fourth-order valence-corrected chi connectivity index (χ4v) is 4.71. The lowest BCUT2D eigenvalue weighted by Gasteiger charge is -2.04. The highest BCUT2D eigenvalue weighted by Crippen LogP contribution is 2.32. The van der Waals surface area contributed by atoms with Gasteiger partial charge in [0.05, 0.1) is 5.69 Å². The molecule has 0 aliphatic heterocycles. The van der Waals surface area contributed by atoms with Crippen molar-refractivity contribution in [3.8, 4) is 11.4 Å². The van der Waals surface area contributed by atoms with Crippen molar-refractivity contribution in [1.82, 2.24) is 24.1 Å². The fourth-order valence-electron chi connectivity index (χ4n) is 2.98. The summed E-state index contributed by atoms with van der Waals surface area (Å²) in [5, 5.41) is 11.9. The third kappa shape index (κ3) is 2.98. The monoisotopic (exact) mass is 369 g/mol. The third-order valence-corrected chi connectivity index (χ3v) is 6.30. The summed E-state index contributed by atoms with van der Waals surface area (Å²) < 4.78 is 4.13. The minimum Gasteiger partial charge on any atom is -0.307 e. The van der Waals surface area contributed by atoms with E-state index >= 15 is 0 Å². The van der Waals surface area contributed by atoms with Gasteiger partial charge in [-0.3, -0.25) is 0 Å². The van der Waals surface area contributed by atoms with E-state index in [1.54, 1.807) is 23.1 Å². The van der Waals surface area contributed by atoms with Crippen LogP contribution in [-0.4, -0.2) is 24.1 Å². The van der Waals surface area contributed by atoms with E-state index in [0.29, 0.717) is 0 Å². The van der Waals surface area contributed by atoms with E-state index in [-0.39, 0.29) is 0 Å². The summed E-state index contributed by atoms with van der Waals surface area (Å²) in [4.78, 5) is 6.00. The Morgan fingerprint density at radius 3 is 2.92 bits per heavy atom. The Morgan fingerprint density at radius 1 is 1.24 bits per heavy atom. The van der Waals surface area contributed by atoms with Crippen molar-refractivity contribution >= 4 is 28.7 Å². The number of aryl methyl sites for hydroxylation is 1. The first-order chi connectivity index (χ1) is 12.2. The molecule has 0 amide bonds. The molecule has 7 heteroatoms. The summed E-state index contributed by atoms with van der Waals surface area (Å²) in [6.07, 6.45) is 5.10. The second-order valence-electron chi connectivity index (χ2n) is 5.89. The molecule has 0 saturated carbocycles. The molecule has 0 unspecified atom stereocenters. The van der Waals surface area contributed by atoms with E-state index in [2.05, 4.69) is 45.2 Å². The van der Waals surface area contributed by atoms with Crippen LogP contribution in [0, 0.1) is 6.92 Å². The lowest BCUT2D eigenvalue weighted by molar-refractivity contribution is 0.793. The highest BCUT2D eigenvalue weighted by atomic mass is 32.2. The van der Waals surface area contributed by atoms with Gasteiger partial charge in [0.15, 0.2) is 11.0 Å². The van der Waals surface area contributed by atoms with Crippen LogP contribution in [0.2, 0.25) is 0 Å². The van der Waals surface area contributed by atoms with Crippen LogP contribution in [0.5, 0.6) is 0 Å². The Kier molecular flexibility index (Phi) is 4.35. The number of thioether (sulfide) groups is 1. The first-order valence-corrected chi connectivity index (χ1v) is 10.1. The molecule has 0 bridgehead atoms. The number of rotatable bonds is 5. The van der Waals surface area contributed by atoms with Crippen LogP contribution in [0.1, 0.15) is 23.1 Å². The Labute approximate surface area is 154 Å². The van der Waals surface area contributed by atoms with Crippen LogP contribution in [0.15, 0.2) is 41.1 Å². The van der Waals surface area contributed by atoms with Gasteiger partial charge in [0.25, 0.3) is 0 Å². The van der Waals surface area contributed by atoms with Crippen molar-refractivity contribution in [2.75, 3.05) is 0 Å². The SMILES string of the molecule is CCc1c(-c2nnc(SCc3cn4ccccc4n3)n2C)csc1C. The predicted octanol–water partition coefficient (Wildman–Crippen LogP) is 4.35. The van der Waals surface area contributed by atoms with Gasteiger partial charge in [0.1, 0.15) is 5.65 Å². The van der Waals surface area contributed by atoms with E-state index < -0.39 is 0 Å². The van der Waals surface area contributed by atoms with Crippen molar-refractivity contribution in [2.45, 2.75) is 31.2 Å². The molecule has 0 radical (unpaired) electrons. The topological polar surface area (TPSA) is 48.0 Å². The second-order valence-corrected chi connectivity index (χ2v) is 7.92. The Balaban J connectivity index is 1.56. The van der Waals surface area contributed by atoms with Gasteiger partial charge in [0.2, 0.25) is 0 Å². The van der Waals surface area contributed by atoms with Crippen LogP contribution in [0.25, 0.3) is 17.0 Å². The van der Waals surface area contributed by atoms with E-state index in [1.165, 1.54) is 16.0 Å². The zero-order valence-electron chi connectivity index (χ0n) is 14.4. The van der Waals surface area contributed by atoms with E-state index in [1.807, 2.05) is 35.8 Å². The van der Waals surface area contributed by atoms with E-state index in [9.17, 15) is 0 Å². The van der Waals surface area contributed by atoms with Crippen molar-refractivity contribution in [1.29, 1.82) is 0 Å². The zero-order valence-corrected chi connectivity index (χ0v) is 16.1. The highest BCUT2D eigenvalue weighted by molar-refractivity contribution is 7.98. The maximum atomic E-state index is 4.64. The first kappa shape index (κ1) is 16.4. The Hall–Kier alpha value is -2.12. The van der Waals surface area contributed by atoms with Gasteiger partial charge in [-0.15, -0.1) is 21.5 Å². The Morgan fingerprint density at radius 2 is 2.12 bits per heavy atom. The largest absolute Gasteiger partial charge is 0.307 e. The van der Waals surface area contributed by atoms with E-state index in [0.717, 1.165) is 34.5 Å². The molecular formula is C18H19N5S2. The standard InChI is InChI=1S/C18H19N5S2/c1-4-14-12(2)24-11-15(14)17-20-21-18(22(17)3)25-10-13-9-23-8-6-5-7-16(23)19-13/h5-9,11H,4,10H2,1-3H3. The van der Waals surface area contributed by atoms with Gasteiger partial charge in [0, 0.05) is 41.0 Å². The van der Waals surface area contributed by atoms with Crippen LogP contribution < -0.4 is 0 Å². The molecule has 0 spiro atoms. The van der Waals surface area contributed by atoms with Gasteiger partial charge < -0.3 is 8.97 Å². The van der Waals surface area contributed by atoms with Crippen LogP contribution in [0.3, 0.4) is 0 Å². The molecule has 4 aromatic heterocycles. The molecule has 0 N–H and O–H groups in total. The fraction of sp³-hybridized carbons (Fsp3) is 0.278. The number of imidazole rings is 1. The van der Waals surface area contributed by atoms with Crippen molar-refractivity contribution < 1.29 is 0 Å². The molecule has 128 valence electrons. The van der Waals surface area contributed by atoms with Crippen LogP contribution in [0.4, 0.5) is 0 Å². The van der Waals surface area contributed by atoms with Gasteiger partial charge in [-0.1, -0.05) is 24.8 Å². The second kappa shape index (κ2) is 6.65. The van der Waals surface area contributed by atoms with Crippen molar-refractivity contribution in [3.63, 3.8) is 0 Å². The molecule has 25 heavy (non-hydrogen) atoms. The molecule has 4 aromatic rings. The molecule has 0 aromatic carbocycles. The number of nitrogens with zero attached hydrogens (tertiary/aromatic N) is 5. The third-order valence-electron chi connectivity index (χ3n) is 4.30. The maximum Gasteiger partial charge on any atom is 0.191 e. The molecule has 4 heterocycles. The Bertz CT molecular complexity index is 994. The highest BCUT2D eigenvalue weighted by Gasteiger charge is 2.17. The number of hydrogen-bond donors (Lipinski definition) is 0. The minimum atomic E-state index is 0.775. The summed E-state index contributed by atoms with van der Waals surface area (Å²) in [6.45, 7) is 4.36. The number of fused-ring (bicyclic) bond motifs is 1. The average Bonchev–Trinajstić information content (AvgIpc) is 3.29. The zero-order chi connectivity index (χ0) is 17.4. The molecule has 0 aliphatic carbocycles. The average molecular weight is 370 g/mol. The van der Waals surface area contributed by atoms with Gasteiger partial charge in [-0.2, -0.15) is 0 Å². The number of aromatic nitrogens is 5. The first-order valence-electron chi connectivity index (χ1n) is 8.19. The summed E-state index contributed by atoms with van der Waals surface area (Å²) in [5.74, 6) is 1.72. The van der Waals surface area contributed by atoms with E-state index in [4.69, 9.17) is 0 Å². The lowest BCUT2D eigenvalue weighted by Crippen LogP contribution is -1.96. The predicted molar refractivity (Wildman–Crippen MR) is 103 cm³/mol. The lowest BCUT2D eigenvalue weighted by atomic mass is 10.1. The summed E-state index contributed by atoms with van der Waals surface area (Å²) in [5.41, 5.74) is 4.59. The smallest absolute Gasteiger partial charge is 0.191 e. The molecule has 0 fully saturated rings. The molecule has 0 aliphatic rings. The molecule has 5 nitrogen and oxygen atoms in total. The molecule has 4 rings (SSSR count). The normalized spacial score (nSPS) is 11.5. The number of thiophene rings is 1. The van der Waals surface area contributed by atoms with Gasteiger partial charge in [-0.05, 0) is 31.0 Å². The number of hydrogen-bond acceptors (Lipinski definition) is 5. The maximum absolute atomic E-state index is 4.64. The quantitative estimate of drug-likeness (QED) is 0.491.